The Morgan fingerprint density at radius 1 is 0.750 bits per heavy atom. The van der Waals surface area contributed by atoms with Crippen LogP contribution in [0.15, 0.2) is 6.07 Å². The standard InChI is InChI=1S/C11H15B7FN/c12-3-1-2(4(13)6(15)5(3)14)10-7(16)9(19)8(17)11(18)20-10/h1H,12-18H2. The first kappa shape index (κ1) is 15.1. The minimum Gasteiger partial charge on any atom is -0.265 e. The van der Waals surface area contributed by atoms with Crippen LogP contribution in [-0.4, -0.2) is 59.9 Å². The normalized spacial score (nSPS) is 10.7. The van der Waals surface area contributed by atoms with Crippen molar-refractivity contribution in [2.45, 2.75) is 0 Å². The first-order valence-electron chi connectivity index (χ1n) is 6.96. The van der Waals surface area contributed by atoms with Crippen molar-refractivity contribution in [1.29, 1.82) is 0 Å². The Hall–Kier alpha value is -1.25. The van der Waals surface area contributed by atoms with Gasteiger partial charge in [-0.1, -0.05) is 17.0 Å². The highest BCUT2D eigenvalue weighted by atomic mass is 19.1. The van der Waals surface area contributed by atoms with Gasteiger partial charge in [-0.25, -0.2) is 4.39 Å². The molecule has 0 atom stereocenters. The van der Waals surface area contributed by atoms with Crippen LogP contribution >= 0.6 is 0 Å². The van der Waals surface area contributed by atoms with Gasteiger partial charge in [0.1, 0.15) is 52.9 Å². The van der Waals surface area contributed by atoms with Crippen molar-refractivity contribution in [3.05, 3.63) is 11.9 Å². The second-order valence-electron chi connectivity index (χ2n) is 5.73. The van der Waals surface area contributed by atoms with Gasteiger partial charge in [-0.05, 0) is 22.1 Å². The van der Waals surface area contributed by atoms with E-state index in [1.165, 1.54) is 21.9 Å². The molecule has 0 aliphatic rings. The molecule has 0 saturated heterocycles. The van der Waals surface area contributed by atoms with Gasteiger partial charge in [-0.15, -0.1) is 10.9 Å². The molecule has 20 heavy (non-hydrogen) atoms. The Labute approximate surface area is 126 Å². The lowest BCUT2D eigenvalue weighted by Crippen LogP contribution is -2.49. The van der Waals surface area contributed by atoms with Crippen LogP contribution in [0.5, 0.6) is 0 Å². The Balaban J connectivity index is 2.83. The lowest BCUT2D eigenvalue weighted by Gasteiger charge is -2.18. The Kier molecular flexibility index (Phi) is 3.99. The van der Waals surface area contributed by atoms with E-state index in [-0.39, 0.29) is 5.82 Å². The average Bonchev–Trinajstić information content (AvgIpc) is 2.42. The van der Waals surface area contributed by atoms with Crippen molar-refractivity contribution in [3.63, 3.8) is 0 Å². The zero-order valence-electron chi connectivity index (χ0n) is 13.4. The Morgan fingerprint density at radius 3 is 1.95 bits per heavy atom. The number of aromatic nitrogens is 1. The van der Waals surface area contributed by atoms with Gasteiger partial charge in [0.15, 0.2) is 7.85 Å². The maximum absolute atomic E-state index is 14.3. The van der Waals surface area contributed by atoms with Gasteiger partial charge in [0.05, 0.1) is 5.69 Å². The molecule has 0 N–H and O–H groups in total. The maximum Gasteiger partial charge on any atom is 0.163 e. The molecule has 0 unspecified atom stereocenters. The van der Waals surface area contributed by atoms with Crippen molar-refractivity contribution in [2.24, 2.45) is 0 Å². The summed E-state index contributed by atoms with van der Waals surface area (Å²) < 4.78 is 14.3. The molecule has 1 aromatic carbocycles. The highest BCUT2D eigenvalue weighted by Gasteiger charge is 2.16. The molecule has 1 aromatic heterocycles. The summed E-state index contributed by atoms with van der Waals surface area (Å²) in [7, 11) is 13.9. The minimum absolute atomic E-state index is 0.136. The van der Waals surface area contributed by atoms with Gasteiger partial charge in [-0.2, -0.15) is 0 Å². The smallest absolute Gasteiger partial charge is 0.163 e. The van der Waals surface area contributed by atoms with Crippen molar-refractivity contribution >= 4 is 93.3 Å². The third-order valence-electron chi connectivity index (χ3n) is 4.57. The summed E-state index contributed by atoms with van der Waals surface area (Å²) in [6.45, 7) is 0. The molecule has 1 heterocycles. The van der Waals surface area contributed by atoms with E-state index in [2.05, 4.69) is 42.4 Å². The van der Waals surface area contributed by atoms with Crippen molar-refractivity contribution in [1.82, 2.24) is 4.98 Å². The van der Waals surface area contributed by atoms with Gasteiger partial charge >= 0.3 is 0 Å². The second kappa shape index (κ2) is 5.27. The molecule has 2 aromatic rings. The minimum atomic E-state index is -0.136. The highest BCUT2D eigenvalue weighted by molar-refractivity contribution is 6.63. The topological polar surface area (TPSA) is 12.9 Å². The number of benzene rings is 1. The van der Waals surface area contributed by atoms with Crippen molar-refractivity contribution < 1.29 is 4.39 Å². The molecule has 0 fully saturated rings. The number of pyridine rings is 1. The SMILES string of the molecule is Bc1cc(-c2nc(B)c(B)c(F)c2B)c(B)c(B)c1B. The van der Waals surface area contributed by atoms with Gasteiger partial charge in [0, 0.05) is 0 Å². The molecular weight excluding hydrogens is 241 g/mol. The molecular formula is C11H15B7FN. The lowest BCUT2D eigenvalue weighted by molar-refractivity contribution is 0.644. The number of rotatable bonds is 1. The molecule has 0 bridgehead atoms. The van der Waals surface area contributed by atoms with Crippen LogP contribution in [0.1, 0.15) is 0 Å². The predicted octanol–water partition coefficient (Wildman–Crippen LogP) is -9.30. The molecule has 1 nitrogen and oxygen atoms in total. The molecule has 0 saturated carbocycles. The molecule has 9 heteroatoms. The zero-order valence-corrected chi connectivity index (χ0v) is 13.4. The van der Waals surface area contributed by atoms with E-state index in [0.717, 1.165) is 16.9 Å². The number of hydrogen-bond acceptors (Lipinski definition) is 1. The van der Waals surface area contributed by atoms with E-state index in [4.69, 9.17) is 0 Å². The van der Waals surface area contributed by atoms with Crippen molar-refractivity contribution in [2.75, 3.05) is 0 Å². The van der Waals surface area contributed by atoms with E-state index in [1.54, 1.807) is 7.85 Å². The molecule has 0 radical (unpaired) electrons. The number of hydrogen-bond donors (Lipinski definition) is 0. The summed E-state index contributed by atoms with van der Waals surface area (Å²) in [5, 5.41) is 0. The summed E-state index contributed by atoms with van der Waals surface area (Å²) in [4.78, 5) is 4.64. The maximum atomic E-state index is 14.3. The molecule has 0 spiro atoms. The van der Waals surface area contributed by atoms with E-state index in [9.17, 15) is 4.39 Å². The summed E-state index contributed by atoms with van der Waals surface area (Å²) in [5.41, 5.74) is 8.84. The van der Waals surface area contributed by atoms with Crippen LogP contribution in [0.25, 0.3) is 11.3 Å². The fourth-order valence-electron chi connectivity index (χ4n) is 2.60. The fourth-order valence-corrected chi connectivity index (χ4v) is 2.60. The van der Waals surface area contributed by atoms with E-state index < -0.39 is 0 Å². The highest BCUT2D eigenvalue weighted by Crippen LogP contribution is 2.08. The summed E-state index contributed by atoms with van der Waals surface area (Å²) in [6, 6.07) is 2.13. The summed E-state index contributed by atoms with van der Waals surface area (Å²) in [5.74, 6) is -0.136. The molecule has 2 rings (SSSR count). The number of halogens is 1. The molecule has 0 amide bonds. The van der Waals surface area contributed by atoms with Gasteiger partial charge < -0.3 is 0 Å². The van der Waals surface area contributed by atoms with Gasteiger partial charge in [0.25, 0.3) is 0 Å². The number of nitrogens with zero attached hydrogens (tertiary/aromatic N) is 1. The van der Waals surface area contributed by atoms with E-state index >= 15 is 0 Å². The van der Waals surface area contributed by atoms with Crippen LogP contribution in [0.3, 0.4) is 0 Å². The van der Waals surface area contributed by atoms with Crippen LogP contribution in [0, 0.1) is 5.82 Å². The third kappa shape index (κ3) is 2.27. The largest absolute Gasteiger partial charge is 0.265 e. The van der Waals surface area contributed by atoms with Crippen LogP contribution in [0.2, 0.25) is 0 Å². The van der Waals surface area contributed by atoms with Crippen LogP contribution in [0.4, 0.5) is 4.39 Å². The van der Waals surface area contributed by atoms with E-state index in [0.29, 0.717) is 10.9 Å². The quantitative estimate of drug-likeness (QED) is 0.462. The van der Waals surface area contributed by atoms with Crippen molar-refractivity contribution in [3.8, 4) is 11.3 Å². The zero-order chi connectivity index (χ0) is 15.2. The van der Waals surface area contributed by atoms with Crippen LogP contribution in [-0.2, 0) is 0 Å². The fraction of sp³-hybridized carbons (Fsp3) is 0. The Morgan fingerprint density at radius 2 is 1.35 bits per heavy atom. The predicted molar refractivity (Wildman–Crippen MR) is 107 cm³/mol. The summed E-state index contributed by atoms with van der Waals surface area (Å²) in [6.07, 6.45) is 0. The third-order valence-corrected chi connectivity index (χ3v) is 4.57. The molecule has 0 aliphatic carbocycles. The Bertz CT molecular complexity index is 655. The molecule has 0 aliphatic heterocycles. The monoisotopic (exact) mass is 257 g/mol. The van der Waals surface area contributed by atoms with Crippen LogP contribution < -0.4 is 38.4 Å². The summed E-state index contributed by atoms with van der Waals surface area (Å²) >= 11 is 0. The average molecular weight is 256 g/mol. The first-order valence-corrected chi connectivity index (χ1v) is 6.96. The van der Waals surface area contributed by atoms with Gasteiger partial charge in [-0.3, -0.25) is 4.98 Å². The second-order valence-corrected chi connectivity index (χ2v) is 5.73. The lowest BCUT2D eigenvalue weighted by atomic mass is 9.64. The van der Waals surface area contributed by atoms with E-state index in [1.807, 2.05) is 15.7 Å². The molecule has 92 valence electrons. The first-order chi connectivity index (χ1) is 9.25. The van der Waals surface area contributed by atoms with Gasteiger partial charge in [0.2, 0.25) is 0 Å².